The Morgan fingerprint density at radius 3 is 3.06 bits per heavy atom. The van der Waals surface area contributed by atoms with Crippen molar-refractivity contribution in [1.29, 1.82) is 0 Å². The van der Waals surface area contributed by atoms with Gasteiger partial charge in [0.2, 0.25) is 5.91 Å². The molecule has 0 fully saturated rings. The summed E-state index contributed by atoms with van der Waals surface area (Å²) in [6.45, 7) is 0.747. The minimum absolute atomic E-state index is 0.204. The van der Waals surface area contributed by atoms with Gasteiger partial charge in [0.15, 0.2) is 0 Å². The van der Waals surface area contributed by atoms with E-state index in [1.807, 2.05) is 18.0 Å². The Labute approximate surface area is 101 Å². The van der Waals surface area contributed by atoms with Gasteiger partial charge in [-0.1, -0.05) is 18.2 Å². The second kappa shape index (κ2) is 5.30. The van der Waals surface area contributed by atoms with Gasteiger partial charge in [0.25, 0.3) is 0 Å². The normalized spacial score (nSPS) is 19.7. The fraction of sp³-hybridized carbons (Fsp3) is 0.462. The lowest BCUT2D eigenvalue weighted by Gasteiger charge is -2.24. The van der Waals surface area contributed by atoms with Gasteiger partial charge in [0, 0.05) is 17.8 Å². The maximum atomic E-state index is 12.1. The van der Waals surface area contributed by atoms with E-state index in [-0.39, 0.29) is 11.8 Å². The number of hydrogen-bond donors (Lipinski definition) is 0. The molecule has 0 radical (unpaired) electrons. The first-order valence-electron chi connectivity index (χ1n) is 5.69. The lowest BCUT2D eigenvalue weighted by Crippen LogP contribution is -2.32. The monoisotopic (exact) mass is 235 g/mol. The zero-order chi connectivity index (χ0) is 11.4. The van der Waals surface area contributed by atoms with Crippen LogP contribution in [0, 0.1) is 5.92 Å². The molecule has 0 saturated heterocycles. The summed E-state index contributed by atoms with van der Waals surface area (Å²) in [4.78, 5) is 15.2. The Morgan fingerprint density at radius 2 is 2.44 bits per heavy atom. The molecule has 0 aromatic carbocycles. The summed E-state index contributed by atoms with van der Waals surface area (Å²) in [5.74, 6) is 0.493. The molecule has 1 aromatic rings. The zero-order valence-corrected chi connectivity index (χ0v) is 10.4. The number of allylic oxidation sites excluding steroid dienone is 2. The molecule has 1 amide bonds. The van der Waals surface area contributed by atoms with Gasteiger partial charge < -0.3 is 4.90 Å². The molecule has 16 heavy (non-hydrogen) atoms. The van der Waals surface area contributed by atoms with E-state index in [1.54, 1.807) is 11.3 Å². The van der Waals surface area contributed by atoms with Gasteiger partial charge in [-0.25, -0.2) is 0 Å². The Kier molecular flexibility index (Phi) is 3.78. The number of hydrogen-bond acceptors (Lipinski definition) is 2. The van der Waals surface area contributed by atoms with Crippen LogP contribution in [0.3, 0.4) is 0 Å². The van der Waals surface area contributed by atoms with Crippen LogP contribution in [-0.4, -0.2) is 17.9 Å². The van der Waals surface area contributed by atoms with Crippen LogP contribution in [0.25, 0.3) is 0 Å². The number of nitrogens with zero attached hydrogens (tertiary/aromatic N) is 1. The Bertz CT molecular complexity index is 369. The summed E-state index contributed by atoms with van der Waals surface area (Å²) in [6.07, 6.45) is 7.26. The highest BCUT2D eigenvalue weighted by Gasteiger charge is 2.22. The standard InChI is InChI=1S/C13H17NOS/c1-14(10-12-8-5-9-16-12)13(15)11-6-3-2-4-7-11/h2-3,5,8-9,11H,4,6-7,10H2,1H3. The highest BCUT2D eigenvalue weighted by molar-refractivity contribution is 7.09. The van der Waals surface area contributed by atoms with E-state index in [0.29, 0.717) is 0 Å². The maximum absolute atomic E-state index is 12.1. The molecule has 1 atom stereocenters. The fourth-order valence-corrected chi connectivity index (χ4v) is 2.80. The van der Waals surface area contributed by atoms with E-state index in [9.17, 15) is 4.79 Å². The van der Waals surface area contributed by atoms with Crippen LogP contribution < -0.4 is 0 Å². The molecule has 1 aliphatic carbocycles. The number of carbonyl (C=O) groups is 1. The summed E-state index contributed by atoms with van der Waals surface area (Å²) in [7, 11) is 1.90. The summed E-state index contributed by atoms with van der Waals surface area (Å²) < 4.78 is 0. The molecule has 0 saturated carbocycles. The molecule has 0 bridgehead atoms. The molecule has 2 nitrogen and oxygen atoms in total. The van der Waals surface area contributed by atoms with Crippen molar-refractivity contribution < 1.29 is 4.79 Å². The Balaban J connectivity index is 1.91. The first-order chi connectivity index (χ1) is 7.77. The van der Waals surface area contributed by atoms with Crippen molar-refractivity contribution in [2.75, 3.05) is 7.05 Å². The van der Waals surface area contributed by atoms with Crippen molar-refractivity contribution in [2.24, 2.45) is 5.92 Å². The first-order valence-corrected chi connectivity index (χ1v) is 6.57. The topological polar surface area (TPSA) is 20.3 Å². The average Bonchev–Trinajstić information content (AvgIpc) is 2.82. The summed E-state index contributed by atoms with van der Waals surface area (Å²) in [5, 5.41) is 2.05. The molecule has 2 rings (SSSR count). The van der Waals surface area contributed by atoms with E-state index >= 15 is 0 Å². The van der Waals surface area contributed by atoms with Crippen LogP contribution in [0.5, 0.6) is 0 Å². The number of thiophene rings is 1. The number of amides is 1. The lowest BCUT2D eigenvalue weighted by atomic mass is 9.93. The zero-order valence-electron chi connectivity index (χ0n) is 9.56. The van der Waals surface area contributed by atoms with Gasteiger partial charge in [0.1, 0.15) is 0 Å². The Morgan fingerprint density at radius 1 is 1.56 bits per heavy atom. The van der Waals surface area contributed by atoms with Gasteiger partial charge in [-0.2, -0.15) is 0 Å². The third-order valence-corrected chi connectivity index (χ3v) is 3.83. The molecule has 0 aliphatic heterocycles. The molecule has 0 spiro atoms. The van der Waals surface area contributed by atoms with E-state index in [2.05, 4.69) is 23.6 Å². The smallest absolute Gasteiger partial charge is 0.226 e. The third kappa shape index (κ3) is 2.73. The number of rotatable bonds is 3. The lowest BCUT2D eigenvalue weighted by molar-refractivity contribution is -0.134. The highest BCUT2D eigenvalue weighted by Crippen LogP contribution is 2.21. The van der Waals surface area contributed by atoms with Crippen LogP contribution in [0.1, 0.15) is 24.1 Å². The molecule has 1 unspecified atom stereocenters. The molecular formula is C13H17NOS. The van der Waals surface area contributed by atoms with Crippen LogP contribution in [-0.2, 0) is 11.3 Å². The van der Waals surface area contributed by atoms with Crippen molar-refractivity contribution in [1.82, 2.24) is 4.90 Å². The van der Waals surface area contributed by atoms with Crippen molar-refractivity contribution in [3.05, 3.63) is 34.5 Å². The quantitative estimate of drug-likeness (QED) is 0.737. The van der Waals surface area contributed by atoms with E-state index < -0.39 is 0 Å². The predicted molar refractivity (Wildman–Crippen MR) is 67.3 cm³/mol. The molecule has 3 heteroatoms. The second-order valence-electron chi connectivity index (χ2n) is 4.26. The van der Waals surface area contributed by atoms with Crippen LogP contribution in [0.2, 0.25) is 0 Å². The minimum atomic E-state index is 0.204. The van der Waals surface area contributed by atoms with Crippen LogP contribution in [0.4, 0.5) is 0 Å². The van der Waals surface area contributed by atoms with Crippen molar-refractivity contribution >= 4 is 17.2 Å². The van der Waals surface area contributed by atoms with Crippen molar-refractivity contribution in [3.63, 3.8) is 0 Å². The van der Waals surface area contributed by atoms with Gasteiger partial charge in [-0.3, -0.25) is 4.79 Å². The predicted octanol–water partition coefficient (Wildman–Crippen LogP) is 3.06. The SMILES string of the molecule is CN(Cc1cccs1)C(=O)C1CC=CCC1. The van der Waals surface area contributed by atoms with E-state index in [1.165, 1.54) is 4.88 Å². The Hall–Kier alpha value is -1.09. The van der Waals surface area contributed by atoms with Gasteiger partial charge in [-0.05, 0) is 30.7 Å². The summed E-state index contributed by atoms with van der Waals surface area (Å²) in [6, 6.07) is 4.11. The van der Waals surface area contributed by atoms with Crippen molar-refractivity contribution in [2.45, 2.75) is 25.8 Å². The molecule has 1 heterocycles. The first kappa shape index (κ1) is 11.4. The minimum Gasteiger partial charge on any atom is -0.340 e. The molecule has 86 valence electrons. The van der Waals surface area contributed by atoms with Gasteiger partial charge in [-0.15, -0.1) is 11.3 Å². The van der Waals surface area contributed by atoms with E-state index in [0.717, 1.165) is 25.8 Å². The van der Waals surface area contributed by atoms with Crippen LogP contribution >= 0.6 is 11.3 Å². The third-order valence-electron chi connectivity index (χ3n) is 2.97. The molecule has 1 aromatic heterocycles. The second-order valence-corrected chi connectivity index (χ2v) is 5.29. The average molecular weight is 235 g/mol. The largest absolute Gasteiger partial charge is 0.340 e. The van der Waals surface area contributed by atoms with Gasteiger partial charge in [0.05, 0.1) is 6.54 Å². The number of carbonyl (C=O) groups excluding carboxylic acids is 1. The molecule has 0 N–H and O–H groups in total. The fourth-order valence-electron chi connectivity index (χ4n) is 2.04. The van der Waals surface area contributed by atoms with Gasteiger partial charge >= 0.3 is 0 Å². The van der Waals surface area contributed by atoms with E-state index in [4.69, 9.17) is 0 Å². The van der Waals surface area contributed by atoms with Crippen molar-refractivity contribution in [3.8, 4) is 0 Å². The molecule has 1 aliphatic rings. The summed E-state index contributed by atoms with van der Waals surface area (Å²) in [5.41, 5.74) is 0. The highest BCUT2D eigenvalue weighted by atomic mass is 32.1. The molecular weight excluding hydrogens is 218 g/mol. The maximum Gasteiger partial charge on any atom is 0.226 e. The van der Waals surface area contributed by atoms with Crippen LogP contribution in [0.15, 0.2) is 29.7 Å². The summed E-state index contributed by atoms with van der Waals surface area (Å²) >= 11 is 1.71.